The molecular formula is C18H22N4O. The van der Waals surface area contributed by atoms with Gasteiger partial charge in [-0.1, -0.05) is 18.2 Å². The van der Waals surface area contributed by atoms with Crippen molar-refractivity contribution in [1.82, 2.24) is 14.5 Å². The van der Waals surface area contributed by atoms with Crippen molar-refractivity contribution in [3.05, 3.63) is 48.5 Å². The van der Waals surface area contributed by atoms with Gasteiger partial charge in [-0.25, -0.2) is 4.98 Å². The predicted octanol–water partition coefficient (Wildman–Crippen LogP) is 2.19. The number of fused-ring (bicyclic) bond motifs is 1. The molecule has 1 amide bonds. The lowest BCUT2D eigenvalue weighted by Gasteiger charge is -2.39. The summed E-state index contributed by atoms with van der Waals surface area (Å²) in [5, 5.41) is 0. The molecule has 2 fully saturated rings. The van der Waals surface area contributed by atoms with E-state index >= 15 is 0 Å². The summed E-state index contributed by atoms with van der Waals surface area (Å²) in [7, 11) is 2.04. The molecule has 2 saturated heterocycles. The summed E-state index contributed by atoms with van der Waals surface area (Å²) < 4.78 is 2.08. The number of imidazole rings is 1. The summed E-state index contributed by atoms with van der Waals surface area (Å²) >= 11 is 0. The number of rotatable bonds is 3. The number of nitrogens with zero attached hydrogens (tertiary/aromatic N) is 4. The van der Waals surface area contributed by atoms with Crippen molar-refractivity contribution in [3.63, 3.8) is 0 Å². The van der Waals surface area contributed by atoms with E-state index in [2.05, 4.69) is 14.5 Å². The number of carbonyl (C=O) groups excluding carboxylic acids is 1. The van der Waals surface area contributed by atoms with Crippen molar-refractivity contribution in [1.29, 1.82) is 0 Å². The summed E-state index contributed by atoms with van der Waals surface area (Å²) in [6.45, 7) is 1.89. The number of carbonyl (C=O) groups is 1. The fourth-order valence-electron chi connectivity index (χ4n) is 4.00. The fraction of sp³-hybridized carbons (Fsp3) is 0.444. The average molecular weight is 310 g/mol. The Morgan fingerprint density at radius 2 is 2.00 bits per heavy atom. The Morgan fingerprint density at radius 3 is 2.74 bits per heavy atom. The van der Waals surface area contributed by atoms with E-state index in [1.807, 2.05) is 54.7 Å². The summed E-state index contributed by atoms with van der Waals surface area (Å²) in [4.78, 5) is 21.5. The number of likely N-dealkylation sites (tertiary alicyclic amines) is 1. The number of piperidine rings is 1. The minimum Gasteiger partial charge on any atom is -0.337 e. The minimum atomic E-state index is 0.260. The molecule has 2 aromatic rings. The maximum atomic E-state index is 12.5. The zero-order valence-corrected chi connectivity index (χ0v) is 13.4. The van der Waals surface area contributed by atoms with Crippen LogP contribution < -0.4 is 4.90 Å². The number of amides is 1. The van der Waals surface area contributed by atoms with Crippen LogP contribution in [0.25, 0.3) is 0 Å². The molecule has 5 nitrogen and oxygen atoms in total. The van der Waals surface area contributed by atoms with Gasteiger partial charge in [0.1, 0.15) is 5.82 Å². The SMILES string of the molecule is Cn1ccnc1CN1CC[C@@H]2[C@H]1CCC(=O)N2c1ccccc1. The van der Waals surface area contributed by atoms with Gasteiger partial charge in [0.2, 0.25) is 5.91 Å². The molecule has 0 radical (unpaired) electrons. The topological polar surface area (TPSA) is 41.4 Å². The highest BCUT2D eigenvalue weighted by molar-refractivity contribution is 5.95. The fourth-order valence-corrected chi connectivity index (χ4v) is 4.00. The van der Waals surface area contributed by atoms with E-state index in [1.165, 1.54) is 0 Å². The molecule has 23 heavy (non-hydrogen) atoms. The lowest BCUT2D eigenvalue weighted by atomic mass is 9.95. The number of hydrogen-bond donors (Lipinski definition) is 0. The van der Waals surface area contributed by atoms with E-state index in [4.69, 9.17) is 0 Å². The highest BCUT2D eigenvalue weighted by Gasteiger charge is 2.43. The van der Waals surface area contributed by atoms with Crippen molar-refractivity contribution in [2.45, 2.75) is 37.9 Å². The first-order valence-electron chi connectivity index (χ1n) is 8.31. The summed E-state index contributed by atoms with van der Waals surface area (Å²) in [6, 6.07) is 10.8. The molecule has 2 aliphatic heterocycles. The van der Waals surface area contributed by atoms with Gasteiger partial charge in [0.15, 0.2) is 0 Å². The Kier molecular flexibility index (Phi) is 3.65. The third-order valence-electron chi connectivity index (χ3n) is 5.18. The van der Waals surface area contributed by atoms with Gasteiger partial charge in [-0.3, -0.25) is 9.69 Å². The van der Waals surface area contributed by atoms with Crippen LogP contribution in [0.4, 0.5) is 5.69 Å². The van der Waals surface area contributed by atoms with Crippen LogP contribution in [-0.2, 0) is 18.4 Å². The Bertz CT molecular complexity index is 696. The molecule has 3 heterocycles. The monoisotopic (exact) mass is 310 g/mol. The van der Waals surface area contributed by atoms with Crippen molar-refractivity contribution in [3.8, 4) is 0 Å². The maximum Gasteiger partial charge on any atom is 0.227 e. The maximum absolute atomic E-state index is 12.5. The Hall–Kier alpha value is -2.14. The van der Waals surface area contributed by atoms with E-state index in [0.29, 0.717) is 18.5 Å². The number of benzene rings is 1. The van der Waals surface area contributed by atoms with Crippen LogP contribution in [0.5, 0.6) is 0 Å². The minimum absolute atomic E-state index is 0.260. The van der Waals surface area contributed by atoms with Gasteiger partial charge >= 0.3 is 0 Å². The van der Waals surface area contributed by atoms with E-state index < -0.39 is 0 Å². The first kappa shape index (κ1) is 14.5. The second-order valence-corrected chi connectivity index (χ2v) is 6.49. The normalized spacial score (nSPS) is 24.9. The molecule has 5 heteroatoms. The number of aryl methyl sites for hydroxylation is 1. The van der Waals surface area contributed by atoms with Crippen LogP contribution in [0, 0.1) is 0 Å². The molecule has 2 atom stereocenters. The third-order valence-corrected chi connectivity index (χ3v) is 5.18. The van der Waals surface area contributed by atoms with Gasteiger partial charge in [0.25, 0.3) is 0 Å². The third kappa shape index (κ3) is 2.55. The van der Waals surface area contributed by atoms with Gasteiger partial charge in [-0.15, -0.1) is 0 Å². The van der Waals surface area contributed by atoms with Gasteiger partial charge in [-0.05, 0) is 25.0 Å². The second kappa shape index (κ2) is 5.81. The van der Waals surface area contributed by atoms with Crippen LogP contribution >= 0.6 is 0 Å². The largest absolute Gasteiger partial charge is 0.337 e. The molecule has 120 valence electrons. The Morgan fingerprint density at radius 1 is 1.17 bits per heavy atom. The second-order valence-electron chi connectivity index (χ2n) is 6.49. The van der Waals surface area contributed by atoms with Crippen LogP contribution in [0.2, 0.25) is 0 Å². The van der Waals surface area contributed by atoms with Gasteiger partial charge < -0.3 is 9.47 Å². The molecule has 0 unspecified atom stereocenters. The summed E-state index contributed by atoms with van der Waals surface area (Å²) in [6.07, 6.45) is 6.47. The van der Waals surface area contributed by atoms with E-state index in [0.717, 1.165) is 37.4 Å². The van der Waals surface area contributed by atoms with Crippen LogP contribution in [0.1, 0.15) is 25.1 Å². The zero-order valence-electron chi connectivity index (χ0n) is 13.4. The highest BCUT2D eigenvalue weighted by atomic mass is 16.2. The standard InChI is InChI=1S/C18H22N4O/c1-20-12-10-19-17(20)13-21-11-9-16-15(21)7-8-18(23)22(16)14-5-3-2-4-6-14/h2-6,10,12,15-16H,7-9,11,13H2,1H3/t15-,16-/m1/s1. The van der Waals surface area contributed by atoms with E-state index in [1.54, 1.807) is 0 Å². The molecular weight excluding hydrogens is 288 g/mol. The van der Waals surface area contributed by atoms with Crippen molar-refractivity contribution < 1.29 is 4.79 Å². The quantitative estimate of drug-likeness (QED) is 0.872. The molecule has 1 aromatic carbocycles. The average Bonchev–Trinajstić information content (AvgIpc) is 3.15. The molecule has 4 rings (SSSR count). The zero-order chi connectivity index (χ0) is 15.8. The molecule has 0 saturated carbocycles. The lowest BCUT2D eigenvalue weighted by molar-refractivity contribution is -0.120. The number of aromatic nitrogens is 2. The first-order chi connectivity index (χ1) is 11.2. The first-order valence-corrected chi connectivity index (χ1v) is 8.31. The number of anilines is 1. The Labute approximate surface area is 136 Å². The van der Waals surface area contributed by atoms with Crippen LogP contribution in [-0.4, -0.2) is 39.0 Å². The number of para-hydroxylation sites is 1. The molecule has 0 N–H and O–H groups in total. The molecule has 2 aliphatic rings. The summed E-state index contributed by atoms with van der Waals surface area (Å²) in [5.41, 5.74) is 1.03. The van der Waals surface area contributed by atoms with Crippen molar-refractivity contribution >= 4 is 11.6 Å². The van der Waals surface area contributed by atoms with Gasteiger partial charge in [-0.2, -0.15) is 0 Å². The molecule has 1 aromatic heterocycles. The van der Waals surface area contributed by atoms with Crippen molar-refractivity contribution in [2.75, 3.05) is 11.4 Å². The van der Waals surface area contributed by atoms with Crippen LogP contribution in [0.15, 0.2) is 42.7 Å². The summed E-state index contributed by atoms with van der Waals surface area (Å²) in [5.74, 6) is 1.35. The van der Waals surface area contributed by atoms with E-state index in [-0.39, 0.29) is 5.91 Å². The van der Waals surface area contributed by atoms with Gasteiger partial charge in [0.05, 0.1) is 12.6 Å². The molecule has 0 aliphatic carbocycles. The molecule has 0 spiro atoms. The molecule has 0 bridgehead atoms. The smallest absolute Gasteiger partial charge is 0.227 e. The Balaban J connectivity index is 1.57. The predicted molar refractivity (Wildman–Crippen MR) is 89.0 cm³/mol. The number of hydrogen-bond acceptors (Lipinski definition) is 3. The lowest BCUT2D eigenvalue weighted by Crippen LogP contribution is -2.52. The van der Waals surface area contributed by atoms with Crippen LogP contribution in [0.3, 0.4) is 0 Å². The highest BCUT2D eigenvalue weighted by Crippen LogP contribution is 2.35. The van der Waals surface area contributed by atoms with E-state index in [9.17, 15) is 4.79 Å². The van der Waals surface area contributed by atoms with Gasteiger partial charge in [0, 0.05) is 44.1 Å². The van der Waals surface area contributed by atoms with Crippen molar-refractivity contribution in [2.24, 2.45) is 7.05 Å².